The lowest BCUT2D eigenvalue weighted by molar-refractivity contribution is 1.37. The van der Waals surface area contributed by atoms with E-state index in [0.29, 0.717) is 16.0 Å². The Kier molecular flexibility index (Phi) is 4.20. The van der Waals surface area contributed by atoms with Crippen molar-refractivity contribution in [1.29, 1.82) is 0 Å². The first kappa shape index (κ1) is 16.1. The fraction of sp³-hybridized carbons (Fsp3) is 0. The maximum absolute atomic E-state index is 13.2. The Hall–Kier alpha value is -2.36. The van der Waals surface area contributed by atoms with Gasteiger partial charge in [-0.15, -0.1) is 0 Å². The predicted molar refractivity (Wildman–Crippen MR) is 108 cm³/mol. The van der Waals surface area contributed by atoms with Gasteiger partial charge >= 0.3 is 0 Å². The molecule has 0 aliphatic carbocycles. The van der Waals surface area contributed by atoms with Gasteiger partial charge in [-0.25, -0.2) is 0 Å². The molecule has 0 atom stereocenters. The van der Waals surface area contributed by atoms with E-state index in [1.54, 1.807) is 0 Å². The van der Waals surface area contributed by atoms with Crippen LogP contribution in [0.2, 0.25) is 5.02 Å². The third-order valence-electron chi connectivity index (χ3n) is 4.17. The summed E-state index contributed by atoms with van der Waals surface area (Å²) < 4.78 is 0.974. The summed E-state index contributed by atoms with van der Waals surface area (Å²) >= 11 is 9.47. The van der Waals surface area contributed by atoms with Crippen LogP contribution in [0.3, 0.4) is 0 Å². The third-order valence-corrected chi connectivity index (χ3v) is 4.95. The zero-order chi connectivity index (χ0) is 17.4. The first-order chi connectivity index (χ1) is 12.1. The summed E-state index contributed by atoms with van der Waals surface area (Å²) in [6, 6.07) is 22.8. The molecule has 0 radical (unpaired) electrons. The maximum Gasteiger partial charge on any atom is 0.197 e. The molecular formula is C21H13BrClNO. The van der Waals surface area contributed by atoms with Crippen molar-refractivity contribution < 1.29 is 0 Å². The van der Waals surface area contributed by atoms with Gasteiger partial charge in [0.05, 0.1) is 11.3 Å². The monoisotopic (exact) mass is 409 g/mol. The highest BCUT2D eigenvalue weighted by molar-refractivity contribution is 9.10. The molecule has 0 spiro atoms. The predicted octanol–water partition coefficient (Wildman–Crippen LogP) is 6.28. The smallest absolute Gasteiger partial charge is 0.197 e. The molecule has 0 saturated heterocycles. The van der Waals surface area contributed by atoms with Crippen molar-refractivity contribution in [3.63, 3.8) is 0 Å². The normalized spacial score (nSPS) is 11.0. The molecule has 1 N–H and O–H groups in total. The molecule has 4 heteroatoms. The Bertz CT molecular complexity index is 1120. The average Bonchev–Trinajstić information content (AvgIpc) is 2.63. The molecule has 1 aromatic heterocycles. The van der Waals surface area contributed by atoms with Crippen molar-refractivity contribution >= 4 is 38.4 Å². The number of para-hydroxylation sites is 1. The second-order valence-electron chi connectivity index (χ2n) is 5.76. The van der Waals surface area contributed by atoms with Crippen molar-refractivity contribution in [1.82, 2.24) is 4.98 Å². The molecule has 0 unspecified atom stereocenters. The molecule has 0 fully saturated rings. The van der Waals surface area contributed by atoms with Crippen LogP contribution in [0.25, 0.3) is 33.3 Å². The van der Waals surface area contributed by atoms with Crippen LogP contribution >= 0.6 is 27.5 Å². The van der Waals surface area contributed by atoms with E-state index >= 15 is 0 Å². The molecule has 4 rings (SSSR count). The third kappa shape index (κ3) is 3.01. The molecule has 2 nitrogen and oxygen atoms in total. The zero-order valence-corrected chi connectivity index (χ0v) is 15.4. The van der Waals surface area contributed by atoms with Gasteiger partial charge in [-0.1, -0.05) is 63.9 Å². The fourth-order valence-electron chi connectivity index (χ4n) is 2.96. The van der Waals surface area contributed by atoms with Gasteiger partial charge in [-0.3, -0.25) is 4.79 Å². The Morgan fingerprint density at radius 3 is 2.16 bits per heavy atom. The highest BCUT2D eigenvalue weighted by Gasteiger charge is 2.15. The SMILES string of the molecule is O=c1c(-c2ccc(Br)cc2)c(-c2ccc(Cl)cc2)[nH]c2ccccc12. The number of hydrogen-bond acceptors (Lipinski definition) is 1. The summed E-state index contributed by atoms with van der Waals surface area (Å²) in [5.74, 6) is 0. The second-order valence-corrected chi connectivity index (χ2v) is 7.12. The van der Waals surface area contributed by atoms with Gasteiger partial charge in [0.15, 0.2) is 5.43 Å². The number of halogens is 2. The van der Waals surface area contributed by atoms with Crippen LogP contribution in [0.5, 0.6) is 0 Å². The van der Waals surface area contributed by atoms with Gasteiger partial charge in [0.2, 0.25) is 0 Å². The Labute approximate surface area is 158 Å². The molecule has 3 aromatic carbocycles. The molecule has 0 saturated carbocycles. The lowest BCUT2D eigenvalue weighted by atomic mass is 9.97. The van der Waals surface area contributed by atoms with E-state index in [2.05, 4.69) is 20.9 Å². The van der Waals surface area contributed by atoms with Crippen molar-refractivity contribution in [3.8, 4) is 22.4 Å². The highest BCUT2D eigenvalue weighted by Crippen LogP contribution is 2.31. The number of aromatic nitrogens is 1. The van der Waals surface area contributed by atoms with E-state index in [9.17, 15) is 4.79 Å². The van der Waals surface area contributed by atoms with E-state index in [0.717, 1.165) is 26.8 Å². The molecule has 122 valence electrons. The van der Waals surface area contributed by atoms with Crippen LogP contribution in [0.1, 0.15) is 0 Å². The number of nitrogens with one attached hydrogen (secondary N) is 1. The quantitative estimate of drug-likeness (QED) is 0.414. The number of fused-ring (bicyclic) bond motifs is 1. The molecular weight excluding hydrogens is 398 g/mol. The molecule has 0 bridgehead atoms. The van der Waals surface area contributed by atoms with Gasteiger partial charge < -0.3 is 4.98 Å². The summed E-state index contributed by atoms with van der Waals surface area (Å²) in [5, 5.41) is 1.34. The molecule has 1 heterocycles. The molecule has 4 aromatic rings. The lowest BCUT2D eigenvalue weighted by Gasteiger charge is -2.12. The van der Waals surface area contributed by atoms with E-state index in [1.165, 1.54) is 0 Å². The Balaban J connectivity index is 2.09. The zero-order valence-electron chi connectivity index (χ0n) is 13.1. The van der Waals surface area contributed by atoms with Crippen LogP contribution in [-0.4, -0.2) is 4.98 Å². The average molecular weight is 411 g/mol. The van der Waals surface area contributed by atoms with Crippen molar-refractivity contribution in [3.05, 3.63) is 92.5 Å². The van der Waals surface area contributed by atoms with Crippen molar-refractivity contribution in [2.24, 2.45) is 0 Å². The van der Waals surface area contributed by atoms with Crippen molar-refractivity contribution in [2.45, 2.75) is 0 Å². The van der Waals surface area contributed by atoms with Crippen LogP contribution in [0.4, 0.5) is 0 Å². The highest BCUT2D eigenvalue weighted by atomic mass is 79.9. The van der Waals surface area contributed by atoms with Gasteiger partial charge in [0.1, 0.15) is 0 Å². The number of H-pyrrole nitrogens is 1. The summed E-state index contributed by atoms with van der Waals surface area (Å²) in [5.41, 5.74) is 4.08. The first-order valence-corrected chi connectivity index (χ1v) is 8.97. The van der Waals surface area contributed by atoms with E-state index < -0.39 is 0 Å². The van der Waals surface area contributed by atoms with Gasteiger partial charge in [0.25, 0.3) is 0 Å². The minimum atomic E-state index is 0.0154. The molecule has 0 amide bonds. The van der Waals surface area contributed by atoms with Crippen LogP contribution in [0.15, 0.2) is 82.1 Å². The summed E-state index contributed by atoms with van der Waals surface area (Å²) in [4.78, 5) is 16.6. The number of aromatic amines is 1. The topological polar surface area (TPSA) is 32.9 Å². The van der Waals surface area contributed by atoms with E-state index in [-0.39, 0.29) is 5.43 Å². The summed E-state index contributed by atoms with van der Waals surface area (Å²) in [6.07, 6.45) is 0. The number of rotatable bonds is 2. The van der Waals surface area contributed by atoms with Crippen LogP contribution in [0, 0.1) is 0 Å². The molecule has 25 heavy (non-hydrogen) atoms. The van der Waals surface area contributed by atoms with Crippen molar-refractivity contribution in [2.75, 3.05) is 0 Å². The van der Waals surface area contributed by atoms with Crippen LogP contribution < -0.4 is 5.43 Å². The largest absolute Gasteiger partial charge is 0.354 e. The standard InChI is InChI=1S/C21H13BrClNO/c22-15-9-5-13(6-10-15)19-20(14-7-11-16(23)12-8-14)24-18-4-2-1-3-17(18)21(19)25/h1-12H,(H,24,25). The minimum absolute atomic E-state index is 0.0154. The lowest BCUT2D eigenvalue weighted by Crippen LogP contribution is -2.09. The maximum atomic E-state index is 13.2. The molecule has 0 aliphatic heterocycles. The summed E-state index contributed by atoms with van der Waals surface area (Å²) in [6.45, 7) is 0. The number of pyridine rings is 1. The first-order valence-electron chi connectivity index (χ1n) is 7.80. The number of hydrogen-bond donors (Lipinski definition) is 1. The minimum Gasteiger partial charge on any atom is -0.354 e. The Morgan fingerprint density at radius 2 is 1.44 bits per heavy atom. The van der Waals surface area contributed by atoms with Crippen LogP contribution in [-0.2, 0) is 0 Å². The van der Waals surface area contributed by atoms with E-state index in [4.69, 9.17) is 11.6 Å². The van der Waals surface area contributed by atoms with Gasteiger partial charge in [-0.2, -0.15) is 0 Å². The van der Waals surface area contributed by atoms with E-state index in [1.807, 2.05) is 72.8 Å². The summed E-state index contributed by atoms with van der Waals surface area (Å²) in [7, 11) is 0. The fourth-order valence-corrected chi connectivity index (χ4v) is 3.35. The van der Waals surface area contributed by atoms with Gasteiger partial charge in [-0.05, 0) is 47.5 Å². The second kappa shape index (κ2) is 6.51. The Morgan fingerprint density at radius 1 is 0.800 bits per heavy atom. The molecule has 0 aliphatic rings. The number of benzene rings is 3. The van der Waals surface area contributed by atoms with Gasteiger partial charge in [0, 0.05) is 20.4 Å².